The van der Waals surface area contributed by atoms with Crippen molar-refractivity contribution in [3.8, 4) is 0 Å². The third-order valence-corrected chi connectivity index (χ3v) is 2.41. The van der Waals surface area contributed by atoms with Crippen LogP contribution in [-0.2, 0) is 28.5 Å². The van der Waals surface area contributed by atoms with E-state index < -0.39 is 36.5 Å². The molecule has 0 amide bonds. The van der Waals surface area contributed by atoms with E-state index >= 15 is 0 Å². The van der Waals surface area contributed by atoms with Gasteiger partial charge in [-0.25, -0.2) is 0 Å². The van der Waals surface area contributed by atoms with E-state index in [1.165, 1.54) is 13.8 Å². The van der Waals surface area contributed by atoms with Crippen LogP contribution in [0.25, 0.3) is 0 Å². The largest absolute Gasteiger partial charge is 0.455 e. The summed E-state index contributed by atoms with van der Waals surface area (Å²) in [4.78, 5) is 22.0. The lowest BCUT2D eigenvalue weighted by Crippen LogP contribution is -2.41. The number of hydrogen-bond acceptors (Lipinski definition) is 7. The van der Waals surface area contributed by atoms with Crippen LogP contribution in [0.5, 0.6) is 0 Å². The van der Waals surface area contributed by atoms with Gasteiger partial charge in [0.15, 0.2) is 18.5 Å². The van der Waals surface area contributed by atoms with E-state index in [9.17, 15) is 14.7 Å². The maximum Gasteiger partial charge on any atom is 0.303 e. The van der Waals surface area contributed by atoms with Crippen LogP contribution in [0.4, 0.5) is 0 Å². The number of rotatable bonds is 6. The summed E-state index contributed by atoms with van der Waals surface area (Å²) in [6.07, 6.45) is -2.47. The molecule has 1 fully saturated rings. The van der Waals surface area contributed by atoms with Gasteiger partial charge in [0, 0.05) is 13.8 Å². The molecule has 0 aromatic rings. The van der Waals surface area contributed by atoms with Crippen LogP contribution in [0.3, 0.4) is 0 Å². The van der Waals surface area contributed by atoms with Crippen molar-refractivity contribution in [3.05, 3.63) is 12.7 Å². The maximum atomic E-state index is 11.1. The summed E-state index contributed by atoms with van der Waals surface area (Å²) in [6, 6.07) is 0. The molecule has 7 nitrogen and oxygen atoms in total. The predicted molar refractivity (Wildman–Crippen MR) is 63.0 cm³/mol. The fourth-order valence-corrected chi connectivity index (χ4v) is 1.76. The van der Waals surface area contributed by atoms with Crippen molar-refractivity contribution >= 4 is 11.9 Å². The van der Waals surface area contributed by atoms with Gasteiger partial charge >= 0.3 is 11.9 Å². The molecule has 1 N–H and O–H groups in total. The topological polar surface area (TPSA) is 91.3 Å². The van der Waals surface area contributed by atoms with Crippen molar-refractivity contribution in [2.45, 2.75) is 38.4 Å². The molecule has 0 unspecified atom stereocenters. The Labute approximate surface area is 111 Å². The Kier molecular flexibility index (Phi) is 5.94. The highest BCUT2D eigenvalue weighted by atomic mass is 16.7. The fourth-order valence-electron chi connectivity index (χ4n) is 1.76. The summed E-state index contributed by atoms with van der Waals surface area (Å²) in [6.45, 7) is 6.28. The number of hydrogen-bond donors (Lipinski definition) is 1. The number of aliphatic hydroxyl groups excluding tert-OH is 1. The lowest BCUT2D eigenvalue weighted by Gasteiger charge is -2.22. The van der Waals surface area contributed by atoms with E-state index in [0.29, 0.717) is 6.61 Å². The number of ether oxygens (including phenoxy) is 4. The van der Waals surface area contributed by atoms with E-state index in [4.69, 9.17) is 18.9 Å². The van der Waals surface area contributed by atoms with E-state index in [1.54, 1.807) is 6.08 Å². The smallest absolute Gasteiger partial charge is 0.303 e. The van der Waals surface area contributed by atoms with E-state index in [1.807, 2.05) is 0 Å². The van der Waals surface area contributed by atoms with Gasteiger partial charge < -0.3 is 24.1 Å². The molecular formula is C12H18O7. The van der Waals surface area contributed by atoms with Gasteiger partial charge in [-0.2, -0.15) is 0 Å². The summed E-state index contributed by atoms with van der Waals surface area (Å²) >= 11 is 0. The van der Waals surface area contributed by atoms with Gasteiger partial charge in [0.2, 0.25) is 0 Å². The minimum atomic E-state index is -1.36. The number of carbonyl (C=O) groups excluding carboxylic acids is 2. The Morgan fingerprint density at radius 1 is 1.26 bits per heavy atom. The molecule has 7 heteroatoms. The second-order valence-electron chi connectivity index (χ2n) is 4.04. The summed E-state index contributed by atoms with van der Waals surface area (Å²) < 4.78 is 20.3. The SMILES string of the molecule is C=CCOC[C@H]1O[C@H](O)[C@H](OC(C)=O)[C@@H]1OC(C)=O. The molecule has 0 aliphatic carbocycles. The first-order chi connectivity index (χ1) is 8.95. The second-order valence-corrected chi connectivity index (χ2v) is 4.04. The van der Waals surface area contributed by atoms with Crippen molar-refractivity contribution < 1.29 is 33.6 Å². The molecule has 1 heterocycles. The van der Waals surface area contributed by atoms with Crippen LogP contribution >= 0.6 is 0 Å². The van der Waals surface area contributed by atoms with Gasteiger partial charge in [0.25, 0.3) is 0 Å². The van der Waals surface area contributed by atoms with Crippen LogP contribution in [0.15, 0.2) is 12.7 Å². The van der Waals surface area contributed by atoms with E-state index in [0.717, 1.165) is 0 Å². The highest BCUT2D eigenvalue weighted by molar-refractivity contribution is 5.67. The Morgan fingerprint density at radius 3 is 2.37 bits per heavy atom. The fraction of sp³-hybridized carbons (Fsp3) is 0.667. The second kappa shape index (κ2) is 7.22. The molecule has 0 aromatic carbocycles. The predicted octanol–water partition coefficient (Wildman–Crippen LogP) is -0.230. The van der Waals surface area contributed by atoms with Crippen molar-refractivity contribution in [2.75, 3.05) is 13.2 Å². The lowest BCUT2D eigenvalue weighted by atomic mass is 10.1. The van der Waals surface area contributed by atoms with Crippen molar-refractivity contribution in [2.24, 2.45) is 0 Å². The molecular weight excluding hydrogens is 256 g/mol. The molecule has 0 spiro atoms. The summed E-state index contributed by atoms with van der Waals surface area (Å²) in [7, 11) is 0. The Balaban J connectivity index is 2.70. The van der Waals surface area contributed by atoms with Crippen molar-refractivity contribution in [3.63, 3.8) is 0 Å². The number of aliphatic hydroxyl groups is 1. The van der Waals surface area contributed by atoms with Crippen molar-refractivity contribution in [1.29, 1.82) is 0 Å². The van der Waals surface area contributed by atoms with Crippen molar-refractivity contribution in [1.82, 2.24) is 0 Å². The normalized spacial score (nSPS) is 29.8. The van der Waals surface area contributed by atoms with Gasteiger partial charge in [0.1, 0.15) is 6.10 Å². The van der Waals surface area contributed by atoms with Crippen LogP contribution in [0, 0.1) is 0 Å². The molecule has 1 rings (SSSR count). The van der Waals surface area contributed by atoms with Crippen LogP contribution < -0.4 is 0 Å². The minimum absolute atomic E-state index is 0.0821. The molecule has 19 heavy (non-hydrogen) atoms. The van der Waals surface area contributed by atoms with Gasteiger partial charge in [-0.05, 0) is 0 Å². The van der Waals surface area contributed by atoms with Crippen LogP contribution in [0.2, 0.25) is 0 Å². The first-order valence-electron chi connectivity index (χ1n) is 5.82. The minimum Gasteiger partial charge on any atom is -0.455 e. The zero-order valence-electron chi connectivity index (χ0n) is 10.9. The molecule has 0 saturated carbocycles. The molecule has 108 valence electrons. The zero-order chi connectivity index (χ0) is 14.4. The van der Waals surface area contributed by atoms with Gasteiger partial charge in [0.05, 0.1) is 13.2 Å². The Bertz CT molecular complexity index is 341. The van der Waals surface area contributed by atoms with Gasteiger partial charge in [-0.15, -0.1) is 6.58 Å². The first-order valence-corrected chi connectivity index (χ1v) is 5.82. The van der Waals surface area contributed by atoms with Gasteiger partial charge in [-0.1, -0.05) is 6.08 Å². The van der Waals surface area contributed by atoms with Gasteiger partial charge in [-0.3, -0.25) is 9.59 Å². The third-order valence-electron chi connectivity index (χ3n) is 2.41. The van der Waals surface area contributed by atoms with E-state index in [-0.39, 0.29) is 6.61 Å². The third kappa shape index (κ3) is 4.62. The monoisotopic (exact) mass is 274 g/mol. The number of carbonyl (C=O) groups is 2. The standard InChI is InChI=1S/C12H18O7/c1-4-5-16-6-9-10(17-7(2)13)11(12(15)19-9)18-8(3)14/h4,9-12,15H,1,5-6H2,2-3H3/t9-,10-,11-,12+/m1/s1. The summed E-state index contributed by atoms with van der Waals surface area (Å²) in [5, 5.41) is 9.68. The average molecular weight is 274 g/mol. The lowest BCUT2D eigenvalue weighted by molar-refractivity contribution is -0.174. The molecule has 4 atom stereocenters. The molecule has 1 aliphatic rings. The molecule has 1 aliphatic heterocycles. The first kappa shape index (κ1) is 15.6. The van der Waals surface area contributed by atoms with Crippen LogP contribution in [-0.4, -0.2) is 54.9 Å². The summed E-state index contributed by atoms with van der Waals surface area (Å²) in [5.74, 6) is -1.16. The quantitative estimate of drug-likeness (QED) is 0.406. The maximum absolute atomic E-state index is 11.1. The molecule has 0 radical (unpaired) electrons. The highest BCUT2D eigenvalue weighted by Crippen LogP contribution is 2.26. The highest BCUT2D eigenvalue weighted by Gasteiger charge is 2.48. The zero-order valence-corrected chi connectivity index (χ0v) is 10.9. The number of esters is 2. The Hall–Kier alpha value is -1.44. The molecule has 1 saturated heterocycles. The molecule has 0 bridgehead atoms. The summed E-state index contributed by atoms with van der Waals surface area (Å²) in [5.41, 5.74) is 0. The average Bonchev–Trinajstić information content (AvgIpc) is 2.57. The van der Waals surface area contributed by atoms with E-state index in [2.05, 4.69) is 6.58 Å². The van der Waals surface area contributed by atoms with Crippen LogP contribution in [0.1, 0.15) is 13.8 Å². The molecule has 0 aromatic heterocycles. The Morgan fingerprint density at radius 2 is 1.84 bits per heavy atom.